The van der Waals surface area contributed by atoms with Crippen molar-refractivity contribution in [2.24, 2.45) is 5.41 Å². The number of benzene rings is 1. The van der Waals surface area contributed by atoms with Crippen LogP contribution < -0.4 is 10.6 Å². The zero-order valence-electron chi connectivity index (χ0n) is 12.7. The van der Waals surface area contributed by atoms with Crippen molar-refractivity contribution >= 4 is 33.6 Å². The third-order valence-corrected chi connectivity index (χ3v) is 3.49. The molecule has 0 aliphatic rings. The van der Waals surface area contributed by atoms with E-state index in [9.17, 15) is 9.59 Å². The number of halogens is 1. The lowest BCUT2D eigenvalue weighted by Crippen LogP contribution is -2.46. The summed E-state index contributed by atoms with van der Waals surface area (Å²) in [5.41, 5.74) is 1.32. The van der Waals surface area contributed by atoms with Gasteiger partial charge in [-0.15, -0.1) is 0 Å². The lowest BCUT2D eigenvalue weighted by molar-refractivity contribution is -0.138. The van der Waals surface area contributed by atoms with Crippen LogP contribution in [-0.4, -0.2) is 23.1 Å². The first-order valence-electron chi connectivity index (χ1n) is 6.64. The van der Waals surface area contributed by atoms with Crippen LogP contribution in [0.1, 0.15) is 32.8 Å². The molecule has 5 nitrogen and oxygen atoms in total. The van der Waals surface area contributed by atoms with Crippen LogP contribution in [0.5, 0.6) is 0 Å². The predicted octanol–water partition coefficient (Wildman–Crippen LogP) is 3.77. The number of aliphatic carboxylic acids is 1. The summed E-state index contributed by atoms with van der Waals surface area (Å²) in [6.07, 6.45) is -0.117. The van der Waals surface area contributed by atoms with Crippen LogP contribution in [0.3, 0.4) is 0 Å². The Morgan fingerprint density at radius 1 is 1.29 bits per heavy atom. The van der Waals surface area contributed by atoms with Gasteiger partial charge >= 0.3 is 12.0 Å². The highest BCUT2D eigenvalue weighted by Crippen LogP contribution is 2.23. The first-order chi connectivity index (χ1) is 9.57. The average molecular weight is 357 g/mol. The van der Waals surface area contributed by atoms with Crippen molar-refractivity contribution in [2.75, 3.05) is 5.32 Å². The van der Waals surface area contributed by atoms with E-state index in [1.807, 2.05) is 39.8 Å². The maximum absolute atomic E-state index is 12.0. The summed E-state index contributed by atoms with van der Waals surface area (Å²) in [6.45, 7) is 7.61. The topological polar surface area (TPSA) is 78.4 Å². The summed E-state index contributed by atoms with van der Waals surface area (Å²) in [5.74, 6) is -0.937. The molecule has 2 amide bonds. The molecule has 3 N–H and O–H groups in total. The number of carbonyl (C=O) groups excluding carboxylic acids is 1. The lowest BCUT2D eigenvalue weighted by atomic mass is 9.85. The number of aryl methyl sites for hydroxylation is 1. The van der Waals surface area contributed by atoms with Gasteiger partial charge in [-0.1, -0.05) is 36.7 Å². The Bertz CT molecular complexity index is 518. The standard InChI is InChI=1S/C15H21BrN2O3/c1-9-5-10(16)7-11(6-9)17-14(21)18-12(8-13(19)20)15(2,3)4/h5-7,12H,8H2,1-4H3,(H,19,20)(H2,17,18,21). The molecule has 0 saturated heterocycles. The van der Waals surface area contributed by atoms with Crippen LogP contribution in [0.4, 0.5) is 10.5 Å². The molecular formula is C15H21BrN2O3. The molecule has 1 unspecified atom stereocenters. The Kier molecular flexibility index (Phi) is 5.78. The van der Waals surface area contributed by atoms with Gasteiger partial charge in [0.25, 0.3) is 0 Å². The van der Waals surface area contributed by atoms with Gasteiger partial charge in [0.2, 0.25) is 0 Å². The van der Waals surface area contributed by atoms with Gasteiger partial charge in [0.15, 0.2) is 0 Å². The predicted molar refractivity (Wildman–Crippen MR) is 86.5 cm³/mol. The number of carbonyl (C=O) groups is 2. The third kappa shape index (κ3) is 6.16. The van der Waals surface area contributed by atoms with Gasteiger partial charge in [-0.2, -0.15) is 0 Å². The minimum Gasteiger partial charge on any atom is -0.481 e. The second-order valence-corrected chi connectivity index (χ2v) is 7.05. The SMILES string of the molecule is Cc1cc(Br)cc(NC(=O)NC(CC(=O)O)C(C)(C)C)c1. The summed E-state index contributed by atoms with van der Waals surface area (Å²) in [7, 11) is 0. The molecule has 0 fully saturated rings. The summed E-state index contributed by atoms with van der Waals surface area (Å²) in [6, 6.07) is 4.70. The van der Waals surface area contributed by atoms with Crippen molar-refractivity contribution in [1.29, 1.82) is 0 Å². The zero-order valence-corrected chi connectivity index (χ0v) is 14.2. The minimum atomic E-state index is -0.937. The van der Waals surface area contributed by atoms with Crippen LogP contribution >= 0.6 is 15.9 Å². The number of anilines is 1. The number of rotatable bonds is 4. The monoisotopic (exact) mass is 356 g/mol. The van der Waals surface area contributed by atoms with Crippen molar-refractivity contribution in [3.63, 3.8) is 0 Å². The van der Waals surface area contributed by atoms with Gasteiger partial charge in [0.1, 0.15) is 0 Å². The summed E-state index contributed by atoms with van der Waals surface area (Å²) in [4.78, 5) is 23.0. The highest BCUT2D eigenvalue weighted by atomic mass is 79.9. The van der Waals surface area contributed by atoms with Crippen LogP contribution in [0.15, 0.2) is 22.7 Å². The van der Waals surface area contributed by atoms with E-state index in [-0.39, 0.29) is 11.8 Å². The van der Waals surface area contributed by atoms with E-state index < -0.39 is 18.0 Å². The molecule has 0 radical (unpaired) electrons. The summed E-state index contributed by atoms with van der Waals surface area (Å²) < 4.78 is 0.871. The molecule has 0 bridgehead atoms. The Labute approximate surface area is 133 Å². The van der Waals surface area contributed by atoms with E-state index in [1.54, 1.807) is 6.07 Å². The molecule has 0 heterocycles. The minimum absolute atomic E-state index is 0.117. The molecule has 1 aromatic rings. The number of carboxylic acid groups (broad SMARTS) is 1. The van der Waals surface area contributed by atoms with Crippen LogP contribution in [-0.2, 0) is 4.79 Å². The number of hydrogen-bond donors (Lipinski definition) is 3. The molecule has 0 spiro atoms. The molecule has 1 atom stereocenters. The first kappa shape index (κ1) is 17.5. The van der Waals surface area contributed by atoms with Gasteiger partial charge in [-0.3, -0.25) is 4.79 Å². The summed E-state index contributed by atoms with van der Waals surface area (Å²) in [5, 5.41) is 14.4. The molecule has 0 aliphatic carbocycles. The lowest BCUT2D eigenvalue weighted by Gasteiger charge is -2.30. The Morgan fingerprint density at radius 2 is 1.90 bits per heavy atom. The van der Waals surface area contributed by atoms with E-state index in [0.717, 1.165) is 10.0 Å². The highest BCUT2D eigenvalue weighted by molar-refractivity contribution is 9.10. The average Bonchev–Trinajstić information content (AvgIpc) is 2.24. The fourth-order valence-corrected chi connectivity index (χ4v) is 2.49. The van der Waals surface area contributed by atoms with Gasteiger partial charge in [-0.05, 0) is 36.1 Å². The number of carboxylic acids is 1. The fourth-order valence-electron chi connectivity index (χ4n) is 1.88. The van der Waals surface area contributed by atoms with Crippen LogP contribution in [0.2, 0.25) is 0 Å². The molecule has 21 heavy (non-hydrogen) atoms. The molecule has 0 aliphatic heterocycles. The quantitative estimate of drug-likeness (QED) is 0.768. The van der Waals surface area contributed by atoms with Crippen molar-refractivity contribution in [2.45, 2.75) is 40.2 Å². The number of nitrogens with one attached hydrogen (secondary N) is 2. The smallest absolute Gasteiger partial charge is 0.319 e. The zero-order chi connectivity index (χ0) is 16.2. The second kappa shape index (κ2) is 6.93. The van der Waals surface area contributed by atoms with Gasteiger partial charge in [0, 0.05) is 16.2 Å². The molecule has 1 rings (SSSR count). The fraction of sp³-hybridized carbons (Fsp3) is 0.467. The summed E-state index contributed by atoms with van der Waals surface area (Å²) >= 11 is 3.37. The normalized spacial score (nSPS) is 12.6. The van der Waals surface area contributed by atoms with Crippen LogP contribution in [0, 0.1) is 12.3 Å². The maximum atomic E-state index is 12.0. The number of hydrogen-bond acceptors (Lipinski definition) is 2. The van der Waals surface area contributed by atoms with Gasteiger partial charge in [-0.25, -0.2) is 4.79 Å². The second-order valence-electron chi connectivity index (χ2n) is 6.13. The highest BCUT2D eigenvalue weighted by Gasteiger charge is 2.28. The largest absolute Gasteiger partial charge is 0.481 e. The number of amides is 2. The van der Waals surface area contributed by atoms with E-state index in [0.29, 0.717) is 5.69 Å². The van der Waals surface area contributed by atoms with E-state index in [4.69, 9.17) is 5.11 Å². The molecule has 6 heteroatoms. The molecule has 0 aromatic heterocycles. The Hall–Kier alpha value is -1.56. The van der Waals surface area contributed by atoms with E-state index >= 15 is 0 Å². The van der Waals surface area contributed by atoms with Gasteiger partial charge < -0.3 is 15.7 Å². The molecular weight excluding hydrogens is 336 g/mol. The van der Waals surface area contributed by atoms with Crippen molar-refractivity contribution in [3.05, 3.63) is 28.2 Å². The molecule has 116 valence electrons. The van der Waals surface area contributed by atoms with E-state index in [2.05, 4.69) is 26.6 Å². The van der Waals surface area contributed by atoms with Gasteiger partial charge in [0.05, 0.1) is 6.42 Å². The van der Waals surface area contributed by atoms with Crippen molar-refractivity contribution in [3.8, 4) is 0 Å². The number of urea groups is 1. The third-order valence-electron chi connectivity index (χ3n) is 3.03. The van der Waals surface area contributed by atoms with Crippen molar-refractivity contribution < 1.29 is 14.7 Å². The molecule has 0 saturated carbocycles. The van der Waals surface area contributed by atoms with E-state index in [1.165, 1.54) is 0 Å². The molecule has 1 aromatic carbocycles. The first-order valence-corrected chi connectivity index (χ1v) is 7.44. The Morgan fingerprint density at radius 3 is 2.38 bits per heavy atom. The van der Waals surface area contributed by atoms with Crippen LogP contribution in [0.25, 0.3) is 0 Å². The Balaban J connectivity index is 2.76. The van der Waals surface area contributed by atoms with Crippen molar-refractivity contribution in [1.82, 2.24) is 5.32 Å². The maximum Gasteiger partial charge on any atom is 0.319 e.